The molecular weight excluding hydrogens is 404 g/mol. The van der Waals surface area contributed by atoms with E-state index in [0.717, 1.165) is 12.8 Å². The van der Waals surface area contributed by atoms with Crippen molar-refractivity contribution in [1.82, 2.24) is 4.90 Å². The minimum absolute atomic E-state index is 0.00234. The number of carbonyl (C=O) groups is 2. The van der Waals surface area contributed by atoms with Crippen LogP contribution in [0.25, 0.3) is 0 Å². The molecule has 0 bridgehead atoms. The van der Waals surface area contributed by atoms with Crippen molar-refractivity contribution in [2.75, 3.05) is 36.5 Å². The van der Waals surface area contributed by atoms with E-state index in [2.05, 4.69) is 5.32 Å². The van der Waals surface area contributed by atoms with Gasteiger partial charge < -0.3 is 15.0 Å². The molecule has 0 spiro atoms. The van der Waals surface area contributed by atoms with Gasteiger partial charge in [0, 0.05) is 18.8 Å². The Morgan fingerprint density at radius 1 is 1.14 bits per heavy atom. The molecule has 0 fully saturated rings. The standard InChI is InChI=1S/C19H29ClN2O5S/c1-4-7-8-11-28(25,26)14-18(23)21-15-9-10-17(16(20)12-15)27-13-19(24)22(5-2)6-3/h9-10,12H,4-8,11,13-14H2,1-3H3,(H,21,23). The second-order valence-electron chi connectivity index (χ2n) is 6.35. The van der Waals surface area contributed by atoms with Gasteiger partial charge in [-0.15, -0.1) is 0 Å². The first-order valence-electron chi connectivity index (χ1n) is 9.42. The van der Waals surface area contributed by atoms with Gasteiger partial charge in [0.2, 0.25) is 5.91 Å². The minimum atomic E-state index is -3.43. The van der Waals surface area contributed by atoms with Crippen molar-refractivity contribution in [1.29, 1.82) is 0 Å². The quantitative estimate of drug-likeness (QED) is 0.512. The van der Waals surface area contributed by atoms with Crippen LogP contribution in [0, 0.1) is 0 Å². The van der Waals surface area contributed by atoms with Gasteiger partial charge in [-0.3, -0.25) is 9.59 Å². The van der Waals surface area contributed by atoms with E-state index < -0.39 is 21.5 Å². The average Bonchev–Trinajstić information content (AvgIpc) is 2.61. The third-order valence-corrected chi connectivity index (χ3v) is 6.00. The first-order chi connectivity index (χ1) is 13.2. The molecule has 9 heteroatoms. The molecule has 0 aliphatic rings. The molecule has 0 saturated carbocycles. The Bertz CT molecular complexity index is 764. The summed E-state index contributed by atoms with van der Waals surface area (Å²) in [7, 11) is -3.43. The van der Waals surface area contributed by atoms with Crippen LogP contribution in [0.4, 0.5) is 5.69 Å². The van der Waals surface area contributed by atoms with Crippen molar-refractivity contribution in [3.63, 3.8) is 0 Å². The highest BCUT2D eigenvalue weighted by Crippen LogP contribution is 2.27. The summed E-state index contributed by atoms with van der Waals surface area (Å²) >= 11 is 6.14. The van der Waals surface area contributed by atoms with Crippen molar-refractivity contribution in [2.24, 2.45) is 0 Å². The van der Waals surface area contributed by atoms with E-state index in [1.807, 2.05) is 20.8 Å². The number of rotatable bonds is 12. The fourth-order valence-electron chi connectivity index (χ4n) is 2.54. The highest BCUT2D eigenvalue weighted by molar-refractivity contribution is 7.92. The molecule has 1 N–H and O–H groups in total. The van der Waals surface area contributed by atoms with E-state index in [1.54, 1.807) is 11.0 Å². The summed E-state index contributed by atoms with van der Waals surface area (Å²) in [6.45, 7) is 6.81. The molecule has 0 radical (unpaired) electrons. The summed E-state index contributed by atoms with van der Waals surface area (Å²) in [5, 5.41) is 2.74. The number of sulfone groups is 1. The first-order valence-corrected chi connectivity index (χ1v) is 11.6. The van der Waals surface area contributed by atoms with Crippen LogP contribution in [0.15, 0.2) is 18.2 Å². The number of benzene rings is 1. The molecule has 0 aliphatic heterocycles. The monoisotopic (exact) mass is 432 g/mol. The second kappa shape index (κ2) is 11.9. The molecule has 0 heterocycles. The van der Waals surface area contributed by atoms with Gasteiger partial charge in [0.05, 0.1) is 10.8 Å². The van der Waals surface area contributed by atoms with Crippen molar-refractivity contribution in [2.45, 2.75) is 40.0 Å². The minimum Gasteiger partial charge on any atom is -0.482 e. The van der Waals surface area contributed by atoms with Crippen LogP contribution in [0.2, 0.25) is 5.02 Å². The van der Waals surface area contributed by atoms with E-state index in [1.165, 1.54) is 12.1 Å². The molecule has 1 aromatic carbocycles. The summed E-state index contributed by atoms with van der Waals surface area (Å²) < 4.78 is 29.3. The third-order valence-electron chi connectivity index (χ3n) is 4.09. The normalized spacial score (nSPS) is 11.1. The zero-order chi connectivity index (χ0) is 21.2. The average molecular weight is 433 g/mol. The van der Waals surface area contributed by atoms with Crippen LogP contribution in [0.5, 0.6) is 5.75 Å². The molecule has 28 heavy (non-hydrogen) atoms. The maximum absolute atomic E-state index is 12.0. The smallest absolute Gasteiger partial charge is 0.260 e. The summed E-state index contributed by atoms with van der Waals surface area (Å²) in [4.78, 5) is 25.6. The molecule has 0 atom stereocenters. The molecule has 0 aliphatic carbocycles. The second-order valence-corrected chi connectivity index (χ2v) is 8.94. The van der Waals surface area contributed by atoms with Crippen molar-refractivity contribution in [3.8, 4) is 5.75 Å². The molecule has 158 valence electrons. The molecule has 2 amide bonds. The molecule has 0 unspecified atom stereocenters. The number of anilines is 1. The highest BCUT2D eigenvalue weighted by atomic mass is 35.5. The number of hydrogen-bond acceptors (Lipinski definition) is 5. The van der Waals surface area contributed by atoms with Gasteiger partial charge >= 0.3 is 0 Å². The van der Waals surface area contributed by atoms with Crippen LogP contribution in [0.3, 0.4) is 0 Å². The largest absolute Gasteiger partial charge is 0.482 e. The van der Waals surface area contributed by atoms with Crippen molar-refractivity contribution >= 4 is 38.9 Å². The summed E-state index contributed by atoms with van der Waals surface area (Å²) in [5.41, 5.74) is 0.362. The number of halogens is 1. The SMILES string of the molecule is CCCCCS(=O)(=O)CC(=O)Nc1ccc(OCC(=O)N(CC)CC)c(Cl)c1. The van der Waals surface area contributed by atoms with E-state index in [4.69, 9.17) is 16.3 Å². The van der Waals surface area contributed by atoms with Gasteiger partial charge in [0.25, 0.3) is 5.91 Å². The summed E-state index contributed by atoms with van der Waals surface area (Å²) in [6.07, 6.45) is 2.28. The van der Waals surface area contributed by atoms with Gasteiger partial charge in [-0.1, -0.05) is 31.4 Å². The Hall–Kier alpha value is -1.80. The van der Waals surface area contributed by atoms with E-state index >= 15 is 0 Å². The number of unbranched alkanes of at least 4 members (excludes halogenated alkanes) is 2. The number of amides is 2. The molecular formula is C19H29ClN2O5S. The molecule has 1 aromatic rings. The van der Waals surface area contributed by atoms with Crippen LogP contribution < -0.4 is 10.1 Å². The highest BCUT2D eigenvalue weighted by Gasteiger charge is 2.17. The molecule has 0 saturated heterocycles. The maximum Gasteiger partial charge on any atom is 0.260 e. The maximum atomic E-state index is 12.0. The van der Waals surface area contributed by atoms with Crippen molar-refractivity contribution in [3.05, 3.63) is 23.2 Å². The van der Waals surface area contributed by atoms with E-state index in [-0.39, 0.29) is 23.3 Å². The lowest BCUT2D eigenvalue weighted by atomic mass is 10.3. The summed E-state index contributed by atoms with van der Waals surface area (Å²) in [5.74, 6) is -1.01. The van der Waals surface area contributed by atoms with Gasteiger partial charge in [-0.05, 0) is 38.5 Å². The fourth-order valence-corrected chi connectivity index (χ4v) is 4.04. The van der Waals surface area contributed by atoms with E-state index in [9.17, 15) is 18.0 Å². The number of nitrogens with one attached hydrogen (secondary N) is 1. The number of ether oxygens (including phenoxy) is 1. The van der Waals surface area contributed by atoms with Crippen LogP contribution in [-0.4, -0.2) is 56.3 Å². The Morgan fingerprint density at radius 2 is 1.82 bits per heavy atom. The lowest BCUT2D eigenvalue weighted by molar-refractivity contribution is -0.133. The van der Waals surface area contributed by atoms with Crippen molar-refractivity contribution < 1.29 is 22.7 Å². The van der Waals surface area contributed by atoms with Crippen LogP contribution >= 0.6 is 11.6 Å². The first kappa shape index (κ1) is 24.2. The zero-order valence-electron chi connectivity index (χ0n) is 16.7. The van der Waals surface area contributed by atoms with Crippen LogP contribution in [-0.2, 0) is 19.4 Å². The predicted molar refractivity (Wildman–Crippen MR) is 112 cm³/mol. The zero-order valence-corrected chi connectivity index (χ0v) is 18.2. The number of nitrogens with zero attached hydrogens (tertiary/aromatic N) is 1. The Morgan fingerprint density at radius 3 is 2.39 bits per heavy atom. The topological polar surface area (TPSA) is 92.8 Å². The van der Waals surface area contributed by atoms with E-state index in [0.29, 0.717) is 30.9 Å². The van der Waals surface area contributed by atoms with Gasteiger partial charge in [-0.25, -0.2) is 8.42 Å². The van der Waals surface area contributed by atoms with Gasteiger partial charge in [0.1, 0.15) is 11.5 Å². The Balaban J connectivity index is 2.62. The Kier molecular flexibility index (Phi) is 10.3. The fraction of sp³-hybridized carbons (Fsp3) is 0.579. The molecule has 0 aromatic heterocycles. The molecule has 1 rings (SSSR count). The van der Waals surface area contributed by atoms with Crippen LogP contribution in [0.1, 0.15) is 40.0 Å². The van der Waals surface area contributed by atoms with Gasteiger partial charge in [-0.2, -0.15) is 0 Å². The third kappa shape index (κ3) is 8.48. The van der Waals surface area contributed by atoms with Gasteiger partial charge in [0.15, 0.2) is 16.4 Å². The number of hydrogen-bond donors (Lipinski definition) is 1. The lowest BCUT2D eigenvalue weighted by Gasteiger charge is -2.19. The molecule has 7 nitrogen and oxygen atoms in total. The number of likely N-dealkylation sites (N-methyl/N-ethyl adjacent to an activating group) is 1. The predicted octanol–water partition coefficient (Wildman–Crippen LogP) is 3.13. The Labute approximate surface area is 172 Å². The lowest BCUT2D eigenvalue weighted by Crippen LogP contribution is -2.34. The number of carbonyl (C=O) groups excluding carboxylic acids is 2. The summed E-state index contributed by atoms with van der Waals surface area (Å²) in [6, 6.07) is 4.54.